The van der Waals surface area contributed by atoms with Gasteiger partial charge in [-0.3, -0.25) is 4.79 Å². The number of benzene rings is 2. The first kappa shape index (κ1) is 18.5. The number of anilines is 1. The summed E-state index contributed by atoms with van der Waals surface area (Å²) in [5.41, 5.74) is 3.31. The second-order valence-electron chi connectivity index (χ2n) is 6.92. The van der Waals surface area contributed by atoms with Crippen molar-refractivity contribution in [3.05, 3.63) is 64.5 Å². The van der Waals surface area contributed by atoms with Gasteiger partial charge in [0.25, 0.3) is 5.91 Å². The van der Waals surface area contributed by atoms with E-state index in [4.69, 9.17) is 16.1 Å². The van der Waals surface area contributed by atoms with Crippen LogP contribution in [0.3, 0.4) is 0 Å². The van der Waals surface area contributed by atoms with E-state index in [0.29, 0.717) is 34.5 Å². The highest BCUT2D eigenvalue weighted by Gasteiger charge is 2.22. The summed E-state index contributed by atoms with van der Waals surface area (Å²) in [5, 5.41) is 7.82. The molecule has 2 heterocycles. The van der Waals surface area contributed by atoms with E-state index in [9.17, 15) is 4.79 Å². The maximum Gasteiger partial charge on any atom is 0.256 e. The first-order valence-electron chi connectivity index (χ1n) is 9.32. The average Bonchev–Trinajstić information content (AvgIpc) is 3.38. The summed E-state index contributed by atoms with van der Waals surface area (Å²) in [6.45, 7) is 3.91. The van der Waals surface area contributed by atoms with E-state index in [1.807, 2.05) is 42.2 Å². The number of carbonyl (C=O) groups is 1. The molecule has 1 aliphatic heterocycles. The van der Waals surface area contributed by atoms with E-state index >= 15 is 0 Å². The van der Waals surface area contributed by atoms with Gasteiger partial charge in [0.15, 0.2) is 0 Å². The Morgan fingerprint density at radius 1 is 1.21 bits per heavy atom. The standard InChI is InChI=1S/C21H21ClN4O2/c1-14-5-4-6-15(11-14)20-24-19(28-25-20)13-23-18-8-7-16(22)12-17(18)21(27)26-9-2-3-10-26/h4-8,11-12,23H,2-3,9-10,13H2,1H3. The van der Waals surface area contributed by atoms with Crippen LogP contribution in [0.1, 0.15) is 34.7 Å². The molecule has 0 unspecified atom stereocenters. The molecule has 0 atom stereocenters. The van der Waals surface area contributed by atoms with Gasteiger partial charge < -0.3 is 14.7 Å². The Morgan fingerprint density at radius 2 is 2.04 bits per heavy atom. The van der Waals surface area contributed by atoms with Crippen LogP contribution in [0.25, 0.3) is 11.4 Å². The number of likely N-dealkylation sites (tertiary alicyclic amines) is 1. The van der Waals surface area contributed by atoms with Gasteiger partial charge in [-0.2, -0.15) is 4.98 Å². The van der Waals surface area contributed by atoms with E-state index < -0.39 is 0 Å². The largest absolute Gasteiger partial charge is 0.375 e. The van der Waals surface area contributed by atoms with Crippen LogP contribution in [-0.4, -0.2) is 34.0 Å². The van der Waals surface area contributed by atoms with Crippen LogP contribution in [0.5, 0.6) is 0 Å². The molecule has 1 fully saturated rings. The normalized spacial score (nSPS) is 13.7. The molecular weight excluding hydrogens is 376 g/mol. The third-order valence-electron chi connectivity index (χ3n) is 4.78. The van der Waals surface area contributed by atoms with Gasteiger partial charge in [-0.15, -0.1) is 0 Å². The Morgan fingerprint density at radius 3 is 2.82 bits per heavy atom. The zero-order valence-corrected chi connectivity index (χ0v) is 16.4. The van der Waals surface area contributed by atoms with Crippen molar-refractivity contribution in [3.8, 4) is 11.4 Å². The summed E-state index contributed by atoms with van der Waals surface area (Å²) < 4.78 is 5.36. The molecule has 7 heteroatoms. The van der Waals surface area contributed by atoms with Crippen molar-refractivity contribution < 1.29 is 9.32 Å². The molecule has 1 aromatic heterocycles. The summed E-state index contributed by atoms with van der Waals surface area (Å²) in [6, 6.07) is 13.2. The summed E-state index contributed by atoms with van der Waals surface area (Å²) in [6.07, 6.45) is 2.08. The second kappa shape index (κ2) is 8.02. The van der Waals surface area contributed by atoms with E-state index in [0.717, 1.165) is 37.1 Å². The Hall–Kier alpha value is -2.86. The van der Waals surface area contributed by atoms with Crippen LogP contribution < -0.4 is 5.32 Å². The van der Waals surface area contributed by atoms with Crippen LogP contribution in [0.4, 0.5) is 5.69 Å². The summed E-state index contributed by atoms with van der Waals surface area (Å²) in [5.74, 6) is 0.990. The number of nitrogens with one attached hydrogen (secondary N) is 1. The van der Waals surface area contributed by atoms with Gasteiger partial charge in [-0.1, -0.05) is 40.5 Å². The Labute approximate surface area is 168 Å². The van der Waals surface area contributed by atoms with Crippen molar-refractivity contribution in [2.45, 2.75) is 26.3 Å². The number of hydrogen-bond acceptors (Lipinski definition) is 5. The molecule has 0 bridgehead atoms. The third kappa shape index (κ3) is 4.02. The molecule has 1 saturated heterocycles. The number of aromatic nitrogens is 2. The number of rotatable bonds is 5. The summed E-state index contributed by atoms with van der Waals surface area (Å²) in [7, 11) is 0. The highest BCUT2D eigenvalue weighted by atomic mass is 35.5. The van der Waals surface area contributed by atoms with Gasteiger partial charge in [-0.25, -0.2) is 0 Å². The van der Waals surface area contributed by atoms with Crippen LogP contribution in [0.15, 0.2) is 47.0 Å². The predicted octanol–water partition coefficient (Wildman–Crippen LogP) is 4.55. The maximum absolute atomic E-state index is 12.8. The number of carbonyl (C=O) groups excluding carboxylic acids is 1. The van der Waals surface area contributed by atoms with Crippen LogP contribution >= 0.6 is 11.6 Å². The Bertz CT molecular complexity index is 996. The zero-order valence-electron chi connectivity index (χ0n) is 15.6. The minimum absolute atomic E-state index is 0.00604. The number of halogens is 1. The molecule has 3 aromatic rings. The van der Waals surface area contributed by atoms with Crippen molar-refractivity contribution in [3.63, 3.8) is 0 Å². The first-order chi connectivity index (χ1) is 13.6. The van der Waals surface area contributed by atoms with E-state index in [2.05, 4.69) is 15.5 Å². The molecule has 1 aliphatic rings. The number of amides is 1. The Kier molecular flexibility index (Phi) is 5.30. The van der Waals surface area contributed by atoms with Gasteiger partial charge in [0, 0.05) is 29.4 Å². The zero-order chi connectivity index (χ0) is 19.5. The van der Waals surface area contributed by atoms with Crippen molar-refractivity contribution in [2.24, 2.45) is 0 Å². The van der Waals surface area contributed by atoms with Crippen LogP contribution in [0, 0.1) is 6.92 Å². The molecule has 1 N–H and O–H groups in total. The summed E-state index contributed by atoms with van der Waals surface area (Å²) in [4.78, 5) is 19.1. The fourth-order valence-corrected chi connectivity index (χ4v) is 3.51. The minimum atomic E-state index is -0.00604. The molecule has 1 amide bonds. The average molecular weight is 397 g/mol. The minimum Gasteiger partial charge on any atom is -0.375 e. The lowest BCUT2D eigenvalue weighted by molar-refractivity contribution is 0.0793. The van der Waals surface area contributed by atoms with Crippen LogP contribution in [0.2, 0.25) is 5.02 Å². The molecule has 0 radical (unpaired) electrons. The fraction of sp³-hybridized carbons (Fsp3) is 0.286. The molecular formula is C21H21ClN4O2. The maximum atomic E-state index is 12.8. The van der Waals surface area contributed by atoms with Gasteiger partial charge in [0.1, 0.15) is 0 Å². The smallest absolute Gasteiger partial charge is 0.256 e. The third-order valence-corrected chi connectivity index (χ3v) is 5.01. The van der Waals surface area contributed by atoms with Crippen molar-refractivity contribution in [1.82, 2.24) is 15.0 Å². The molecule has 0 spiro atoms. The lowest BCUT2D eigenvalue weighted by Gasteiger charge is -2.18. The molecule has 6 nitrogen and oxygen atoms in total. The molecule has 2 aromatic carbocycles. The second-order valence-corrected chi connectivity index (χ2v) is 7.36. The van der Waals surface area contributed by atoms with E-state index in [1.165, 1.54) is 0 Å². The van der Waals surface area contributed by atoms with Crippen molar-refractivity contribution in [1.29, 1.82) is 0 Å². The highest BCUT2D eigenvalue weighted by molar-refractivity contribution is 6.31. The van der Waals surface area contributed by atoms with Gasteiger partial charge in [0.2, 0.25) is 11.7 Å². The number of hydrogen-bond donors (Lipinski definition) is 1. The lowest BCUT2D eigenvalue weighted by Crippen LogP contribution is -2.28. The predicted molar refractivity (Wildman–Crippen MR) is 108 cm³/mol. The summed E-state index contributed by atoms with van der Waals surface area (Å²) >= 11 is 6.13. The van der Waals surface area contributed by atoms with E-state index in [-0.39, 0.29) is 5.91 Å². The topological polar surface area (TPSA) is 71.3 Å². The van der Waals surface area contributed by atoms with E-state index in [1.54, 1.807) is 12.1 Å². The molecule has 4 rings (SSSR count). The fourth-order valence-electron chi connectivity index (χ4n) is 3.34. The lowest BCUT2D eigenvalue weighted by atomic mass is 10.1. The first-order valence-corrected chi connectivity index (χ1v) is 9.70. The highest BCUT2D eigenvalue weighted by Crippen LogP contribution is 2.25. The van der Waals surface area contributed by atoms with Gasteiger partial charge in [0.05, 0.1) is 12.1 Å². The SMILES string of the molecule is Cc1cccc(-c2noc(CNc3ccc(Cl)cc3C(=O)N3CCCC3)n2)c1. The van der Waals surface area contributed by atoms with Crippen molar-refractivity contribution in [2.75, 3.05) is 18.4 Å². The molecule has 0 saturated carbocycles. The Balaban J connectivity index is 1.50. The monoisotopic (exact) mass is 396 g/mol. The molecule has 0 aliphatic carbocycles. The number of aryl methyl sites for hydroxylation is 1. The van der Waals surface area contributed by atoms with Gasteiger partial charge >= 0.3 is 0 Å². The molecule has 28 heavy (non-hydrogen) atoms. The quantitative estimate of drug-likeness (QED) is 0.685. The molecule has 144 valence electrons. The van der Waals surface area contributed by atoms with Crippen LogP contribution in [-0.2, 0) is 6.54 Å². The number of nitrogens with zero attached hydrogens (tertiary/aromatic N) is 3. The van der Waals surface area contributed by atoms with Crippen molar-refractivity contribution >= 4 is 23.2 Å². The van der Waals surface area contributed by atoms with Gasteiger partial charge in [-0.05, 0) is 44.0 Å².